The topological polar surface area (TPSA) is 38.7 Å². The Kier molecular flexibility index (Phi) is 10.5. The minimum absolute atomic E-state index is 0.113. The number of rotatable bonds is 11. The van der Waals surface area contributed by atoms with Gasteiger partial charge in [0, 0.05) is 11.8 Å². The minimum atomic E-state index is -5.94. The molecule has 234 valence electrons. The summed E-state index contributed by atoms with van der Waals surface area (Å²) < 4.78 is 93.5. The average molecular weight is 613 g/mol. The van der Waals surface area contributed by atoms with Crippen LogP contribution in [0.25, 0.3) is 17.2 Å². The van der Waals surface area contributed by atoms with Crippen LogP contribution in [-0.4, -0.2) is 36.8 Å². The van der Waals surface area contributed by atoms with Crippen molar-refractivity contribution in [1.29, 1.82) is 0 Å². The van der Waals surface area contributed by atoms with Crippen LogP contribution in [0.3, 0.4) is 0 Å². The zero-order chi connectivity index (χ0) is 32.2. The van der Waals surface area contributed by atoms with E-state index in [0.29, 0.717) is 42.0 Å². The first-order valence-electron chi connectivity index (χ1n) is 13.8. The van der Waals surface area contributed by atoms with Gasteiger partial charge in [0.05, 0.1) is 13.7 Å². The predicted molar refractivity (Wildman–Crippen MR) is 152 cm³/mol. The first-order valence-corrected chi connectivity index (χ1v) is 13.8. The molecule has 0 amide bonds. The summed E-state index contributed by atoms with van der Waals surface area (Å²) in [5.74, 6) is -0.356. The van der Waals surface area contributed by atoms with E-state index in [9.17, 15) is 35.8 Å². The molecule has 1 N–H and O–H groups in total. The van der Waals surface area contributed by atoms with Crippen molar-refractivity contribution >= 4 is 6.08 Å². The highest BCUT2D eigenvalue weighted by Gasteiger charge is 2.68. The van der Waals surface area contributed by atoms with E-state index in [0.717, 1.165) is 22.3 Å². The second kappa shape index (κ2) is 13.2. The van der Waals surface area contributed by atoms with Crippen molar-refractivity contribution in [2.45, 2.75) is 70.3 Å². The quantitative estimate of drug-likeness (QED) is 0.102. The molecule has 0 fully saturated rings. The third kappa shape index (κ3) is 6.97. The van der Waals surface area contributed by atoms with Gasteiger partial charge in [0.2, 0.25) is 0 Å². The number of hydrogen-bond acceptors (Lipinski definition) is 3. The Labute approximate surface area is 246 Å². The van der Waals surface area contributed by atoms with Gasteiger partial charge in [0.15, 0.2) is 0 Å². The van der Waals surface area contributed by atoms with E-state index in [-0.39, 0.29) is 24.1 Å². The lowest BCUT2D eigenvalue weighted by molar-refractivity contribution is -0.347. The fourth-order valence-electron chi connectivity index (χ4n) is 5.39. The van der Waals surface area contributed by atoms with Crippen LogP contribution >= 0.6 is 0 Å². The highest BCUT2D eigenvalue weighted by Crippen LogP contribution is 2.45. The second-order valence-corrected chi connectivity index (χ2v) is 10.5. The van der Waals surface area contributed by atoms with Crippen molar-refractivity contribution in [3.63, 3.8) is 0 Å². The Bertz CT molecular complexity index is 1420. The van der Waals surface area contributed by atoms with Crippen LogP contribution in [0, 0.1) is 19.7 Å². The van der Waals surface area contributed by atoms with Crippen molar-refractivity contribution in [3.05, 3.63) is 99.9 Å². The summed E-state index contributed by atoms with van der Waals surface area (Å²) >= 11 is 0. The Morgan fingerprint density at radius 3 is 1.86 bits per heavy atom. The normalized spacial score (nSPS) is 13.2. The van der Waals surface area contributed by atoms with E-state index in [2.05, 4.69) is 4.89 Å². The van der Waals surface area contributed by atoms with Gasteiger partial charge in [-0.05, 0) is 83.3 Å². The maximum atomic E-state index is 14.8. The van der Waals surface area contributed by atoms with Crippen LogP contribution < -0.4 is 0 Å². The Balaban J connectivity index is 1.98. The highest BCUT2D eigenvalue weighted by atomic mass is 19.4. The fourth-order valence-corrected chi connectivity index (χ4v) is 5.39. The Morgan fingerprint density at radius 1 is 0.791 bits per heavy atom. The molecule has 10 heteroatoms. The summed E-state index contributed by atoms with van der Waals surface area (Å²) in [7, 11) is 1.38. The second-order valence-electron chi connectivity index (χ2n) is 10.5. The molecule has 3 aromatic carbocycles. The van der Waals surface area contributed by atoms with Gasteiger partial charge in [-0.2, -0.15) is 26.3 Å². The van der Waals surface area contributed by atoms with E-state index in [1.54, 1.807) is 25.1 Å². The van der Waals surface area contributed by atoms with Crippen LogP contribution in [0.4, 0.5) is 30.7 Å². The summed E-state index contributed by atoms with van der Waals surface area (Å²) in [6, 6.07) is 15.8. The van der Waals surface area contributed by atoms with Gasteiger partial charge in [-0.1, -0.05) is 68.5 Å². The van der Waals surface area contributed by atoms with Gasteiger partial charge < -0.3 is 5.11 Å². The summed E-state index contributed by atoms with van der Waals surface area (Å²) in [5.41, 5.74) is -0.130. The predicted octanol–water partition coefficient (Wildman–Crippen LogP) is 9.21. The van der Waals surface area contributed by atoms with Gasteiger partial charge in [-0.3, -0.25) is 0 Å². The molecule has 0 spiro atoms. The standard InChI is InChI=1S/C33H35F7O3/c1-6-30(7-2,26-11-10-23(21(3)18-26)14-16-31(41,32(35,36)37)33(38,39)40)27-12-13-28(22(4)19-27)25-9-8-24(29(34)20-25)15-17-43-42-5/h8-14,16,18-20,41H,6-7,15,17H2,1-5H3/b16-14+. The minimum Gasteiger partial charge on any atom is -0.370 e. The summed E-state index contributed by atoms with van der Waals surface area (Å²) in [5, 5.41) is 9.48. The zero-order valence-electron chi connectivity index (χ0n) is 24.6. The molecule has 0 heterocycles. The van der Waals surface area contributed by atoms with E-state index < -0.39 is 23.4 Å². The Hall–Kier alpha value is -3.21. The molecule has 0 saturated heterocycles. The van der Waals surface area contributed by atoms with Crippen LogP contribution in [0.5, 0.6) is 0 Å². The zero-order valence-corrected chi connectivity index (χ0v) is 24.6. The molecular formula is C33H35F7O3. The maximum absolute atomic E-state index is 14.8. The molecule has 3 rings (SSSR count). The van der Waals surface area contributed by atoms with Gasteiger partial charge in [-0.25, -0.2) is 14.2 Å². The molecule has 0 radical (unpaired) electrons. The van der Waals surface area contributed by atoms with Crippen molar-refractivity contribution in [1.82, 2.24) is 0 Å². The molecule has 43 heavy (non-hydrogen) atoms. The smallest absolute Gasteiger partial charge is 0.370 e. The highest BCUT2D eigenvalue weighted by molar-refractivity contribution is 5.69. The van der Waals surface area contributed by atoms with Crippen molar-refractivity contribution in [2.24, 2.45) is 0 Å². The van der Waals surface area contributed by atoms with Gasteiger partial charge in [-0.15, -0.1) is 0 Å². The Morgan fingerprint density at radius 2 is 1.37 bits per heavy atom. The largest absolute Gasteiger partial charge is 0.430 e. The number of hydrogen-bond donors (Lipinski definition) is 1. The molecule has 0 aliphatic carbocycles. The number of aliphatic hydroxyl groups is 1. The van der Waals surface area contributed by atoms with Gasteiger partial charge in [0.1, 0.15) is 5.82 Å². The number of alkyl halides is 6. The third-order valence-electron chi connectivity index (χ3n) is 8.11. The summed E-state index contributed by atoms with van der Waals surface area (Å²) in [4.78, 5) is 9.38. The van der Waals surface area contributed by atoms with Crippen molar-refractivity contribution in [2.75, 3.05) is 13.7 Å². The molecule has 0 aliphatic heterocycles. The lowest BCUT2D eigenvalue weighted by atomic mass is 9.69. The summed E-state index contributed by atoms with van der Waals surface area (Å²) in [6.45, 7) is 7.74. The molecule has 3 aromatic rings. The lowest BCUT2D eigenvalue weighted by Gasteiger charge is -2.34. The SMILES string of the molecule is CCC(CC)(c1ccc(/C=C/C(O)(C(F)(F)F)C(F)(F)F)c(C)c1)c1ccc(-c2ccc(CCOOC)c(F)c2)c(C)c1. The summed E-state index contributed by atoms with van der Waals surface area (Å²) in [6.07, 6.45) is -9.82. The lowest BCUT2D eigenvalue weighted by Crippen LogP contribution is -2.55. The maximum Gasteiger partial charge on any atom is 0.430 e. The van der Waals surface area contributed by atoms with Crippen molar-refractivity contribution < 1.29 is 45.6 Å². The number of benzene rings is 3. The molecule has 0 aromatic heterocycles. The van der Waals surface area contributed by atoms with Gasteiger partial charge >= 0.3 is 12.4 Å². The first-order chi connectivity index (χ1) is 20.0. The molecule has 0 saturated carbocycles. The van der Waals surface area contributed by atoms with Crippen LogP contribution in [0.2, 0.25) is 0 Å². The van der Waals surface area contributed by atoms with E-state index in [1.165, 1.54) is 19.2 Å². The van der Waals surface area contributed by atoms with Crippen LogP contribution in [0.1, 0.15) is 60.1 Å². The number of aryl methyl sites for hydroxylation is 2. The monoisotopic (exact) mass is 612 g/mol. The van der Waals surface area contributed by atoms with Crippen LogP contribution in [0.15, 0.2) is 60.7 Å². The van der Waals surface area contributed by atoms with Crippen molar-refractivity contribution in [3.8, 4) is 11.1 Å². The van der Waals surface area contributed by atoms with Gasteiger partial charge in [0.25, 0.3) is 5.60 Å². The molecule has 0 atom stereocenters. The number of halogens is 7. The van der Waals surface area contributed by atoms with E-state index >= 15 is 0 Å². The van der Waals surface area contributed by atoms with E-state index in [1.807, 2.05) is 45.0 Å². The third-order valence-corrected chi connectivity index (χ3v) is 8.11. The molecule has 0 aliphatic rings. The van der Waals surface area contributed by atoms with E-state index in [4.69, 9.17) is 4.89 Å². The first kappa shape index (κ1) is 34.3. The average Bonchev–Trinajstić information content (AvgIpc) is 2.93. The molecule has 0 bridgehead atoms. The van der Waals surface area contributed by atoms with Crippen LogP contribution in [-0.2, 0) is 21.6 Å². The molecule has 3 nitrogen and oxygen atoms in total. The molecule has 0 unspecified atom stereocenters. The fraction of sp³-hybridized carbons (Fsp3) is 0.394. The molecular weight excluding hydrogens is 577 g/mol.